The van der Waals surface area contributed by atoms with Crippen molar-refractivity contribution in [1.29, 1.82) is 0 Å². The van der Waals surface area contributed by atoms with Gasteiger partial charge >= 0.3 is 0 Å². The first-order valence-corrected chi connectivity index (χ1v) is 9.61. The van der Waals surface area contributed by atoms with Gasteiger partial charge in [-0.3, -0.25) is 14.9 Å². The monoisotopic (exact) mass is 472 g/mol. The molecule has 0 spiro atoms. The third-order valence-corrected chi connectivity index (χ3v) is 4.33. The molecule has 1 unspecified atom stereocenters. The van der Waals surface area contributed by atoms with Crippen molar-refractivity contribution in [2.24, 2.45) is 0 Å². The van der Waals surface area contributed by atoms with Crippen LogP contribution in [0.4, 0.5) is 11.4 Å². The predicted molar refractivity (Wildman–Crippen MR) is 120 cm³/mol. The number of benzene rings is 2. The minimum absolute atomic E-state index is 0.0440. The maximum atomic E-state index is 12.2. The molecule has 0 saturated heterocycles. The Bertz CT molecular complexity index is 903. The predicted octanol–water partition coefficient (Wildman–Crippen LogP) is 4.41. The number of nitro benzene ring substituents is 1. The molecule has 0 aliphatic heterocycles. The van der Waals surface area contributed by atoms with Crippen LogP contribution in [0.3, 0.4) is 0 Å². The first-order chi connectivity index (χ1) is 13.6. The molecule has 29 heavy (non-hydrogen) atoms. The molecule has 0 aromatic heterocycles. The number of hydrogen-bond acceptors (Lipinski definition) is 4. The minimum Gasteiger partial charge on any atom is -0.339 e. The van der Waals surface area contributed by atoms with E-state index in [9.17, 15) is 14.9 Å². The van der Waals surface area contributed by atoms with Crippen molar-refractivity contribution in [3.63, 3.8) is 0 Å². The van der Waals surface area contributed by atoms with Crippen LogP contribution >= 0.6 is 47.0 Å². The summed E-state index contributed by atoms with van der Waals surface area (Å²) < 4.78 is -1.91. The normalized spacial score (nSPS) is 12.2. The van der Waals surface area contributed by atoms with Gasteiger partial charge in [0.2, 0.25) is 9.70 Å². The fourth-order valence-corrected chi connectivity index (χ4v) is 2.65. The Morgan fingerprint density at radius 1 is 1.07 bits per heavy atom. The van der Waals surface area contributed by atoms with Crippen LogP contribution in [0.25, 0.3) is 6.08 Å². The van der Waals surface area contributed by atoms with Gasteiger partial charge in [-0.15, -0.1) is 0 Å². The first-order valence-electron chi connectivity index (χ1n) is 8.07. The van der Waals surface area contributed by atoms with Crippen molar-refractivity contribution in [2.75, 3.05) is 5.32 Å². The molecule has 0 saturated carbocycles. The van der Waals surface area contributed by atoms with E-state index in [2.05, 4.69) is 16.0 Å². The van der Waals surface area contributed by atoms with Gasteiger partial charge < -0.3 is 16.0 Å². The highest BCUT2D eigenvalue weighted by atomic mass is 35.6. The molecule has 1 atom stereocenters. The summed E-state index contributed by atoms with van der Waals surface area (Å²) in [5.74, 6) is -0.504. The lowest BCUT2D eigenvalue weighted by molar-refractivity contribution is -0.384. The van der Waals surface area contributed by atoms with Gasteiger partial charge in [-0.2, -0.15) is 0 Å². The molecule has 3 N–H and O–H groups in total. The summed E-state index contributed by atoms with van der Waals surface area (Å²) in [6, 6.07) is 14.8. The molecule has 11 heteroatoms. The molecule has 0 aliphatic carbocycles. The Morgan fingerprint density at radius 3 is 2.24 bits per heavy atom. The van der Waals surface area contributed by atoms with E-state index in [0.29, 0.717) is 5.69 Å². The molecule has 2 aromatic carbocycles. The third kappa shape index (κ3) is 7.86. The van der Waals surface area contributed by atoms with Gasteiger partial charge in [-0.1, -0.05) is 65.1 Å². The maximum absolute atomic E-state index is 12.2. The standard InChI is InChI=1S/C18H15Cl3N4O3S/c19-18(20,21)16(23-15(26)11-6-12-4-2-1-3-5-12)24-17(29)22-13-7-9-14(10-8-13)25(27)28/h1-11,16H,(H,23,26)(H2,22,24,29)/b11-6+. The maximum Gasteiger partial charge on any atom is 0.269 e. The van der Waals surface area contributed by atoms with Crippen LogP contribution in [0, 0.1) is 10.1 Å². The zero-order chi connectivity index (χ0) is 21.4. The number of halogens is 3. The molecule has 2 aromatic rings. The summed E-state index contributed by atoms with van der Waals surface area (Å²) in [4.78, 5) is 22.4. The van der Waals surface area contributed by atoms with Crippen molar-refractivity contribution in [3.8, 4) is 0 Å². The van der Waals surface area contributed by atoms with Crippen LogP contribution in [0.2, 0.25) is 0 Å². The van der Waals surface area contributed by atoms with E-state index in [1.807, 2.05) is 30.3 Å². The zero-order valence-electron chi connectivity index (χ0n) is 14.6. The summed E-state index contributed by atoms with van der Waals surface area (Å²) in [5.41, 5.74) is 1.24. The van der Waals surface area contributed by atoms with E-state index in [1.165, 1.54) is 30.3 Å². The number of carbonyl (C=O) groups excluding carboxylic acids is 1. The van der Waals surface area contributed by atoms with Gasteiger partial charge in [0.05, 0.1) is 4.92 Å². The van der Waals surface area contributed by atoms with Crippen LogP contribution < -0.4 is 16.0 Å². The van der Waals surface area contributed by atoms with Crippen LogP contribution in [0.15, 0.2) is 60.7 Å². The largest absolute Gasteiger partial charge is 0.339 e. The van der Waals surface area contributed by atoms with Crippen molar-refractivity contribution in [1.82, 2.24) is 10.6 Å². The van der Waals surface area contributed by atoms with E-state index >= 15 is 0 Å². The summed E-state index contributed by atoms with van der Waals surface area (Å²) in [6.07, 6.45) is 1.77. The Labute approximate surface area is 187 Å². The average Bonchev–Trinajstić information content (AvgIpc) is 2.66. The fourth-order valence-electron chi connectivity index (χ4n) is 2.09. The number of amides is 1. The molecule has 0 fully saturated rings. The Kier molecular flexibility index (Phi) is 8.21. The van der Waals surface area contributed by atoms with Crippen LogP contribution in [0.5, 0.6) is 0 Å². The molecular formula is C18H15Cl3N4O3S. The summed E-state index contributed by atoms with van der Waals surface area (Å²) in [5, 5.41) is 18.7. The highest BCUT2D eigenvalue weighted by molar-refractivity contribution is 7.80. The zero-order valence-corrected chi connectivity index (χ0v) is 17.7. The Morgan fingerprint density at radius 2 is 1.69 bits per heavy atom. The number of nitro groups is 1. The third-order valence-electron chi connectivity index (χ3n) is 3.45. The Hall–Kier alpha value is -2.39. The van der Waals surface area contributed by atoms with Crippen molar-refractivity contribution >= 4 is 75.5 Å². The number of non-ortho nitro benzene ring substituents is 1. The lowest BCUT2D eigenvalue weighted by Crippen LogP contribution is -2.55. The topological polar surface area (TPSA) is 96.3 Å². The second kappa shape index (κ2) is 10.4. The molecule has 0 radical (unpaired) electrons. The Balaban J connectivity index is 1.98. The van der Waals surface area contributed by atoms with Crippen LogP contribution in [0.1, 0.15) is 5.56 Å². The molecule has 0 heterocycles. The lowest BCUT2D eigenvalue weighted by atomic mass is 10.2. The van der Waals surface area contributed by atoms with E-state index in [-0.39, 0.29) is 10.8 Å². The number of thiocarbonyl (C=S) groups is 1. The van der Waals surface area contributed by atoms with Crippen molar-refractivity contribution in [2.45, 2.75) is 9.96 Å². The second-order valence-electron chi connectivity index (χ2n) is 5.63. The number of nitrogens with zero attached hydrogens (tertiary/aromatic N) is 1. The summed E-state index contributed by atoms with van der Waals surface area (Å²) in [7, 11) is 0. The number of nitrogens with one attached hydrogen (secondary N) is 3. The van der Waals surface area contributed by atoms with Crippen molar-refractivity contribution < 1.29 is 9.72 Å². The van der Waals surface area contributed by atoms with E-state index < -0.39 is 20.8 Å². The minimum atomic E-state index is -1.91. The lowest BCUT2D eigenvalue weighted by Gasteiger charge is -2.27. The number of alkyl halides is 3. The molecule has 0 bridgehead atoms. The second-order valence-corrected chi connectivity index (χ2v) is 8.41. The summed E-state index contributed by atoms with van der Waals surface area (Å²) in [6.45, 7) is 0. The van der Waals surface area contributed by atoms with Gasteiger partial charge in [0.25, 0.3) is 5.69 Å². The van der Waals surface area contributed by atoms with Gasteiger partial charge in [0.15, 0.2) is 5.11 Å². The fraction of sp³-hybridized carbons (Fsp3) is 0.111. The number of hydrogen-bond donors (Lipinski definition) is 3. The van der Waals surface area contributed by atoms with Gasteiger partial charge in [-0.25, -0.2) is 0 Å². The van der Waals surface area contributed by atoms with E-state index in [1.54, 1.807) is 6.08 Å². The average molecular weight is 474 g/mol. The molecule has 7 nitrogen and oxygen atoms in total. The van der Waals surface area contributed by atoms with Crippen molar-refractivity contribution in [3.05, 3.63) is 76.4 Å². The molecule has 152 valence electrons. The SMILES string of the molecule is O=C(/C=C/c1ccccc1)NC(NC(=S)Nc1ccc([N+](=O)[O-])cc1)C(Cl)(Cl)Cl. The summed E-state index contributed by atoms with van der Waals surface area (Å²) >= 11 is 22.9. The van der Waals surface area contributed by atoms with Crippen LogP contribution in [-0.2, 0) is 4.79 Å². The molecular weight excluding hydrogens is 459 g/mol. The molecule has 2 rings (SSSR count). The van der Waals surface area contributed by atoms with E-state index in [4.69, 9.17) is 47.0 Å². The number of rotatable bonds is 6. The molecule has 1 amide bonds. The smallest absolute Gasteiger partial charge is 0.269 e. The molecule has 0 aliphatic rings. The van der Waals surface area contributed by atoms with Gasteiger partial charge in [0, 0.05) is 23.9 Å². The van der Waals surface area contributed by atoms with Crippen LogP contribution in [-0.4, -0.2) is 25.9 Å². The highest BCUT2D eigenvalue weighted by Crippen LogP contribution is 2.29. The van der Waals surface area contributed by atoms with Gasteiger partial charge in [-0.05, 0) is 36.0 Å². The first kappa shape index (κ1) is 22.9. The van der Waals surface area contributed by atoms with Gasteiger partial charge in [0.1, 0.15) is 6.17 Å². The quantitative estimate of drug-likeness (QED) is 0.144. The highest BCUT2D eigenvalue weighted by Gasteiger charge is 2.34. The number of anilines is 1. The number of carbonyl (C=O) groups is 1. The van der Waals surface area contributed by atoms with E-state index in [0.717, 1.165) is 5.56 Å².